The van der Waals surface area contributed by atoms with Crippen LogP contribution in [-0.4, -0.2) is 49.2 Å². The SMILES string of the molecule is CCOC(=O)[C@H]1[C@H](c2ccco2)N(C)[C@H](c2ccco2)[C@@H](C(=O)c2ccc(Cl)cc2)S1(=O)=O. The fraction of sp³-hybridized carbons (Fsp3) is 0.304. The van der Waals surface area contributed by atoms with E-state index in [1.165, 1.54) is 36.8 Å². The van der Waals surface area contributed by atoms with E-state index < -0.39 is 44.2 Å². The molecule has 0 saturated carbocycles. The minimum Gasteiger partial charge on any atom is -0.468 e. The molecular formula is C23H22ClNO7S. The Morgan fingerprint density at radius 3 is 2.00 bits per heavy atom. The molecule has 4 atom stereocenters. The van der Waals surface area contributed by atoms with Crippen molar-refractivity contribution in [1.82, 2.24) is 4.90 Å². The predicted molar refractivity (Wildman–Crippen MR) is 120 cm³/mol. The molecule has 4 rings (SSSR count). The molecule has 1 aliphatic rings. The first-order valence-electron chi connectivity index (χ1n) is 10.2. The van der Waals surface area contributed by atoms with Gasteiger partial charge in [0.2, 0.25) is 0 Å². The second-order valence-corrected chi connectivity index (χ2v) is 10.3. The van der Waals surface area contributed by atoms with Crippen LogP contribution in [-0.2, 0) is 19.4 Å². The van der Waals surface area contributed by atoms with E-state index in [4.69, 9.17) is 25.2 Å². The van der Waals surface area contributed by atoms with Gasteiger partial charge in [0.1, 0.15) is 16.8 Å². The van der Waals surface area contributed by atoms with E-state index >= 15 is 0 Å². The lowest BCUT2D eigenvalue weighted by molar-refractivity contribution is -0.144. The summed E-state index contributed by atoms with van der Waals surface area (Å²) in [4.78, 5) is 28.2. The Bertz CT molecular complexity index is 1220. The predicted octanol–water partition coefficient (Wildman–Crippen LogP) is 3.85. The molecule has 3 aromatic rings. The molecule has 10 heteroatoms. The van der Waals surface area contributed by atoms with Crippen molar-refractivity contribution in [3.63, 3.8) is 0 Å². The fourth-order valence-corrected chi connectivity index (χ4v) is 6.88. The monoisotopic (exact) mass is 491 g/mol. The smallest absolute Gasteiger partial charge is 0.326 e. The van der Waals surface area contributed by atoms with Crippen molar-refractivity contribution in [1.29, 1.82) is 0 Å². The van der Waals surface area contributed by atoms with E-state index in [1.54, 1.807) is 43.1 Å². The Kier molecular flexibility index (Phi) is 6.47. The number of sulfone groups is 1. The standard InChI is InChI=1S/C23H22ClNO7S/c1-3-30-23(27)22-19(17-7-5-13-32-17)25(2)18(16-6-4-12-31-16)21(33(22,28)29)20(26)14-8-10-15(24)11-9-14/h4-13,18-19,21-22H,3H2,1-2H3/t18-,19+,21+,22-/m1/s1. The van der Waals surface area contributed by atoms with Crippen LogP contribution in [0.5, 0.6) is 0 Å². The van der Waals surface area contributed by atoms with Crippen LogP contribution in [0, 0.1) is 0 Å². The van der Waals surface area contributed by atoms with E-state index in [0.717, 1.165) is 0 Å². The zero-order valence-corrected chi connectivity index (χ0v) is 19.5. The third-order valence-corrected chi connectivity index (χ3v) is 8.32. The summed E-state index contributed by atoms with van der Waals surface area (Å²) >= 11 is 5.94. The minimum atomic E-state index is -4.45. The average molecular weight is 492 g/mol. The molecular weight excluding hydrogens is 470 g/mol. The van der Waals surface area contributed by atoms with Gasteiger partial charge in [-0.3, -0.25) is 14.5 Å². The molecule has 2 aromatic heterocycles. The van der Waals surface area contributed by atoms with Gasteiger partial charge in [-0.1, -0.05) is 11.6 Å². The number of nitrogens with zero attached hydrogens (tertiary/aromatic N) is 1. The third kappa shape index (κ3) is 4.12. The number of halogens is 1. The summed E-state index contributed by atoms with van der Waals surface area (Å²) in [5.74, 6) is -1.09. The van der Waals surface area contributed by atoms with Gasteiger partial charge >= 0.3 is 5.97 Å². The molecule has 0 N–H and O–H groups in total. The molecule has 0 radical (unpaired) electrons. The van der Waals surface area contributed by atoms with Gasteiger partial charge in [-0.15, -0.1) is 0 Å². The van der Waals surface area contributed by atoms with Gasteiger partial charge in [-0.05, 0) is 62.5 Å². The second-order valence-electron chi connectivity index (χ2n) is 7.64. The molecule has 0 unspecified atom stereocenters. The zero-order valence-electron chi connectivity index (χ0n) is 17.9. The summed E-state index contributed by atoms with van der Waals surface area (Å²) in [7, 11) is -2.82. The normalized spacial score (nSPS) is 24.9. The summed E-state index contributed by atoms with van der Waals surface area (Å²) in [5.41, 5.74) is 0.150. The van der Waals surface area contributed by atoms with Crippen molar-refractivity contribution in [3.8, 4) is 0 Å². The van der Waals surface area contributed by atoms with E-state index in [-0.39, 0.29) is 23.7 Å². The van der Waals surface area contributed by atoms with E-state index in [1.807, 2.05) is 0 Å². The number of carbonyl (C=O) groups is 2. The highest BCUT2D eigenvalue weighted by atomic mass is 35.5. The van der Waals surface area contributed by atoms with Gasteiger partial charge in [0.05, 0.1) is 31.2 Å². The Labute approximate surface area is 196 Å². The number of ketones is 1. The summed E-state index contributed by atoms with van der Waals surface area (Å²) < 4.78 is 44.2. The van der Waals surface area contributed by atoms with Crippen LogP contribution in [0.1, 0.15) is 40.9 Å². The van der Waals surface area contributed by atoms with Gasteiger partial charge in [0.25, 0.3) is 0 Å². The number of benzene rings is 1. The molecule has 1 saturated heterocycles. The first kappa shape index (κ1) is 23.3. The van der Waals surface area contributed by atoms with Crippen molar-refractivity contribution in [3.05, 3.63) is 83.2 Å². The lowest BCUT2D eigenvalue weighted by atomic mass is 9.96. The molecule has 1 fully saturated rings. The van der Waals surface area contributed by atoms with E-state index in [0.29, 0.717) is 5.02 Å². The number of ether oxygens (including phenoxy) is 1. The maximum absolute atomic E-state index is 14.0. The van der Waals surface area contributed by atoms with Crippen molar-refractivity contribution in [2.45, 2.75) is 29.5 Å². The van der Waals surface area contributed by atoms with E-state index in [9.17, 15) is 18.0 Å². The first-order valence-corrected chi connectivity index (χ1v) is 12.2. The first-order chi connectivity index (χ1) is 15.8. The summed E-state index contributed by atoms with van der Waals surface area (Å²) in [6, 6.07) is 10.3. The lowest BCUT2D eigenvalue weighted by Crippen LogP contribution is -2.59. The van der Waals surface area contributed by atoms with Crippen LogP contribution >= 0.6 is 11.6 Å². The van der Waals surface area contributed by atoms with Gasteiger partial charge in [-0.25, -0.2) is 8.42 Å². The third-order valence-electron chi connectivity index (χ3n) is 5.73. The Hall–Kier alpha value is -2.88. The number of hydrogen-bond donors (Lipinski definition) is 0. The quantitative estimate of drug-likeness (QED) is 0.378. The molecule has 0 aliphatic carbocycles. The Balaban J connectivity index is 1.92. The Morgan fingerprint density at radius 2 is 1.52 bits per heavy atom. The van der Waals surface area contributed by atoms with Crippen molar-refractivity contribution in [2.75, 3.05) is 13.7 Å². The molecule has 1 aliphatic heterocycles. The number of hydrogen-bond acceptors (Lipinski definition) is 8. The summed E-state index contributed by atoms with van der Waals surface area (Å²) in [6.45, 7) is 1.57. The fourth-order valence-electron chi connectivity index (χ4n) is 4.29. The van der Waals surface area contributed by atoms with Gasteiger partial charge < -0.3 is 13.6 Å². The molecule has 8 nitrogen and oxygen atoms in total. The summed E-state index contributed by atoms with van der Waals surface area (Å²) in [6.07, 6.45) is 2.80. The van der Waals surface area contributed by atoms with E-state index in [2.05, 4.69) is 0 Å². The number of carbonyl (C=O) groups excluding carboxylic acids is 2. The molecule has 0 amide bonds. The Morgan fingerprint density at radius 1 is 0.970 bits per heavy atom. The number of rotatable bonds is 6. The molecule has 3 heterocycles. The second kappa shape index (κ2) is 9.17. The largest absolute Gasteiger partial charge is 0.468 e. The highest BCUT2D eigenvalue weighted by molar-refractivity contribution is 7.94. The van der Waals surface area contributed by atoms with Crippen LogP contribution in [0.25, 0.3) is 0 Å². The van der Waals surface area contributed by atoms with Crippen LogP contribution in [0.15, 0.2) is 69.9 Å². The number of Topliss-reactive ketones (excluding diaryl/α,β-unsaturated/α-hetero) is 1. The minimum absolute atomic E-state index is 0.0170. The highest BCUT2D eigenvalue weighted by Crippen LogP contribution is 2.46. The van der Waals surface area contributed by atoms with Crippen molar-refractivity contribution < 1.29 is 31.6 Å². The van der Waals surface area contributed by atoms with Crippen LogP contribution in [0.2, 0.25) is 5.02 Å². The maximum Gasteiger partial charge on any atom is 0.326 e. The van der Waals surface area contributed by atoms with Gasteiger partial charge in [0, 0.05) is 10.6 Å². The molecule has 0 bridgehead atoms. The zero-order chi connectivity index (χ0) is 23.8. The van der Waals surface area contributed by atoms with Crippen molar-refractivity contribution >= 4 is 33.2 Å². The number of esters is 1. The molecule has 174 valence electrons. The average Bonchev–Trinajstić information content (AvgIpc) is 3.49. The van der Waals surface area contributed by atoms with Crippen LogP contribution < -0.4 is 0 Å². The van der Waals surface area contributed by atoms with Crippen molar-refractivity contribution in [2.24, 2.45) is 0 Å². The molecule has 1 aromatic carbocycles. The topological polar surface area (TPSA) is 107 Å². The number of furan rings is 2. The van der Waals surface area contributed by atoms with Crippen LogP contribution in [0.4, 0.5) is 0 Å². The maximum atomic E-state index is 14.0. The summed E-state index contributed by atoms with van der Waals surface area (Å²) in [5, 5.41) is -2.91. The van der Waals surface area contributed by atoms with Crippen LogP contribution in [0.3, 0.4) is 0 Å². The molecule has 33 heavy (non-hydrogen) atoms. The molecule has 0 spiro atoms. The highest BCUT2D eigenvalue weighted by Gasteiger charge is 2.60. The van der Waals surface area contributed by atoms with Gasteiger partial charge in [-0.2, -0.15) is 0 Å². The van der Waals surface area contributed by atoms with Gasteiger partial charge in [0.15, 0.2) is 20.9 Å². The lowest BCUT2D eigenvalue weighted by Gasteiger charge is -2.44.